The lowest BCUT2D eigenvalue weighted by Gasteiger charge is -2.41. The number of carboxylic acid groups (broad SMARTS) is 1. The zero-order chi connectivity index (χ0) is 15.0. The molecule has 0 aliphatic carbocycles. The van der Waals surface area contributed by atoms with Crippen molar-refractivity contribution in [1.29, 1.82) is 0 Å². The first-order chi connectivity index (χ1) is 10.0. The van der Waals surface area contributed by atoms with E-state index in [2.05, 4.69) is 17.1 Å². The molecule has 4 atom stereocenters. The van der Waals surface area contributed by atoms with Crippen molar-refractivity contribution in [2.75, 3.05) is 6.54 Å². The van der Waals surface area contributed by atoms with E-state index in [0.29, 0.717) is 5.92 Å². The fourth-order valence-corrected chi connectivity index (χ4v) is 4.54. The van der Waals surface area contributed by atoms with E-state index in [1.54, 1.807) is 0 Å². The van der Waals surface area contributed by atoms with Crippen LogP contribution in [0.2, 0.25) is 0 Å². The van der Waals surface area contributed by atoms with Crippen LogP contribution in [0.3, 0.4) is 0 Å². The quantitative estimate of drug-likeness (QED) is 0.830. The van der Waals surface area contributed by atoms with Gasteiger partial charge in [0.25, 0.3) is 0 Å². The summed E-state index contributed by atoms with van der Waals surface area (Å²) in [5.74, 6) is 0.425. The van der Waals surface area contributed by atoms with Crippen LogP contribution < -0.4 is 5.32 Å². The van der Waals surface area contributed by atoms with Gasteiger partial charge in [-0.15, -0.1) is 0 Å². The molecule has 0 spiro atoms. The Morgan fingerprint density at radius 2 is 1.81 bits per heavy atom. The van der Waals surface area contributed by atoms with E-state index in [1.807, 2.05) is 0 Å². The lowest BCUT2D eigenvalue weighted by atomic mass is 9.86. The van der Waals surface area contributed by atoms with Gasteiger partial charge in [0.15, 0.2) is 0 Å². The van der Waals surface area contributed by atoms with Gasteiger partial charge in [-0.2, -0.15) is 0 Å². The Labute approximate surface area is 126 Å². The number of carboxylic acids is 1. The number of nitrogens with one attached hydrogen (secondary N) is 1. The van der Waals surface area contributed by atoms with Crippen LogP contribution in [-0.2, 0) is 9.59 Å². The average Bonchev–Trinajstić information content (AvgIpc) is 2.69. The number of carbonyl (C=O) groups excluding carboxylic acids is 1. The number of rotatable bonds is 3. The molecule has 118 valence electrons. The molecule has 5 heteroatoms. The maximum absolute atomic E-state index is 12.8. The highest BCUT2D eigenvalue weighted by Gasteiger charge is 2.45. The first-order valence-electron chi connectivity index (χ1n) is 8.32. The zero-order valence-electron chi connectivity index (χ0n) is 12.8. The molecule has 2 N–H and O–H groups in total. The van der Waals surface area contributed by atoms with Gasteiger partial charge in [0, 0.05) is 18.5 Å². The third-order valence-corrected chi connectivity index (χ3v) is 5.51. The molecule has 3 aliphatic heterocycles. The summed E-state index contributed by atoms with van der Waals surface area (Å²) in [6, 6.07) is 0.534. The van der Waals surface area contributed by atoms with Crippen molar-refractivity contribution in [3.63, 3.8) is 0 Å². The van der Waals surface area contributed by atoms with E-state index < -0.39 is 5.97 Å². The summed E-state index contributed by atoms with van der Waals surface area (Å²) in [4.78, 5) is 25.9. The summed E-state index contributed by atoms with van der Waals surface area (Å²) in [5.41, 5.74) is 0. The van der Waals surface area contributed by atoms with E-state index in [0.717, 1.165) is 45.1 Å². The first kappa shape index (κ1) is 14.8. The highest BCUT2D eigenvalue weighted by atomic mass is 16.4. The minimum Gasteiger partial charge on any atom is -0.481 e. The van der Waals surface area contributed by atoms with Gasteiger partial charge < -0.3 is 15.3 Å². The van der Waals surface area contributed by atoms with Crippen molar-refractivity contribution in [3.8, 4) is 0 Å². The number of fused-ring (bicyclic) bond motifs is 2. The van der Waals surface area contributed by atoms with Gasteiger partial charge in [-0.25, -0.2) is 0 Å². The van der Waals surface area contributed by atoms with Crippen molar-refractivity contribution in [2.45, 2.75) is 70.0 Å². The number of aliphatic carboxylic acids is 1. The molecule has 3 fully saturated rings. The van der Waals surface area contributed by atoms with E-state index in [4.69, 9.17) is 5.11 Å². The van der Waals surface area contributed by atoms with E-state index >= 15 is 0 Å². The molecule has 0 aromatic carbocycles. The molecule has 0 aromatic rings. The Morgan fingerprint density at radius 1 is 1.14 bits per heavy atom. The van der Waals surface area contributed by atoms with Gasteiger partial charge in [0.2, 0.25) is 5.91 Å². The zero-order valence-corrected chi connectivity index (χ0v) is 12.8. The first-order valence-corrected chi connectivity index (χ1v) is 8.32. The lowest BCUT2D eigenvalue weighted by Crippen LogP contribution is -2.55. The van der Waals surface area contributed by atoms with E-state index in [1.165, 1.54) is 0 Å². The topological polar surface area (TPSA) is 69.6 Å². The van der Waals surface area contributed by atoms with Gasteiger partial charge in [-0.05, 0) is 56.9 Å². The number of hydrogen-bond acceptors (Lipinski definition) is 3. The van der Waals surface area contributed by atoms with Gasteiger partial charge in [0.1, 0.15) is 0 Å². The molecule has 3 aliphatic rings. The number of carbonyl (C=O) groups is 2. The molecule has 21 heavy (non-hydrogen) atoms. The van der Waals surface area contributed by atoms with Crippen molar-refractivity contribution < 1.29 is 14.7 Å². The van der Waals surface area contributed by atoms with Gasteiger partial charge in [-0.1, -0.05) is 6.92 Å². The molecule has 1 amide bonds. The van der Waals surface area contributed by atoms with Crippen LogP contribution >= 0.6 is 0 Å². The lowest BCUT2D eigenvalue weighted by molar-refractivity contribution is -0.141. The fourth-order valence-electron chi connectivity index (χ4n) is 4.54. The van der Waals surface area contributed by atoms with E-state index in [9.17, 15) is 9.59 Å². The predicted octanol–water partition coefficient (Wildman–Crippen LogP) is 1.62. The number of hydrogen-bond donors (Lipinski definition) is 2. The standard InChI is InChI=1S/C16H26N2O3/c1-10-4-5-17-14(6-10)16(21)18-12-2-3-13(18)8-11(7-12)9-15(19)20/h10-14,17H,2-9H2,1H3,(H,19,20). The Kier molecular flexibility index (Phi) is 4.20. The molecule has 0 radical (unpaired) electrons. The van der Waals surface area contributed by atoms with Crippen LogP contribution in [0.25, 0.3) is 0 Å². The fraction of sp³-hybridized carbons (Fsp3) is 0.875. The monoisotopic (exact) mass is 294 g/mol. The summed E-state index contributed by atoms with van der Waals surface area (Å²) >= 11 is 0. The van der Waals surface area contributed by atoms with Crippen molar-refractivity contribution in [3.05, 3.63) is 0 Å². The SMILES string of the molecule is CC1CCNC(C(=O)N2C3CCC2CC(CC(=O)O)C3)C1. The molecule has 5 nitrogen and oxygen atoms in total. The van der Waals surface area contributed by atoms with Crippen molar-refractivity contribution in [1.82, 2.24) is 10.2 Å². The second-order valence-electron chi connectivity index (χ2n) is 7.20. The molecule has 0 saturated carbocycles. The third-order valence-electron chi connectivity index (χ3n) is 5.51. The Hall–Kier alpha value is -1.10. The average molecular weight is 294 g/mol. The minimum atomic E-state index is -0.707. The minimum absolute atomic E-state index is 0.0205. The van der Waals surface area contributed by atoms with Crippen molar-refractivity contribution >= 4 is 11.9 Å². The maximum Gasteiger partial charge on any atom is 0.303 e. The highest BCUT2D eigenvalue weighted by molar-refractivity contribution is 5.83. The molecular weight excluding hydrogens is 268 g/mol. The molecule has 2 bridgehead atoms. The maximum atomic E-state index is 12.8. The summed E-state index contributed by atoms with van der Waals surface area (Å²) in [5, 5.41) is 12.3. The van der Waals surface area contributed by atoms with Crippen LogP contribution in [0.5, 0.6) is 0 Å². The van der Waals surface area contributed by atoms with Crippen molar-refractivity contribution in [2.24, 2.45) is 11.8 Å². The number of piperidine rings is 2. The molecular formula is C16H26N2O3. The van der Waals surface area contributed by atoms with Crippen LogP contribution in [0.4, 0.5) is 0 Å². The number of amides is 1. The largest absolute Gasteiger partial charge is 0.481 e. The van der Waals surface area contributed by atoms with Crippen LogP contribution in [0, 0.1) is 11.8 Å². The molecule has 3 rings (SSSR count). The normalized spacial score (nSPS) is 39.3. The number of nitrogens with zero attached hydrogens (tertiary/aromatic N) is 1. The molecule has 3 saturated heterocycles. The summed E-state index contributed by atoms with van der Waals surface area (Å²) in [6.07, 6.45) is 6.19. The van der Waals surface area contributed by atoms with Gasteiger partial charge in [-0.3, -0.25) is 9.59 Å². The van der Waals surface area contributed by atoms with Crippen LogP contribution in [0.1, 0.15) is 51.9 Å². The Balaban J connectivity index is 1.64. The molecule has 0 aromatic heterocycles. The van der Waals surface area contributed by atoms with Gasteiger partial charge in [0.05, 0.1) is 6.04 Å². The van der Waals surface area contributed by atoms with Crippen LogP contribution in [0.15, 0.2) is 0 Å². The highest BCUT2D eigenvalue weighted by Crippen LogP contribution is 2.40. The second kappa shape index (κ2) is 5.95. The Bertz CT molecular complexity index is 412. The third kappa shape index (κ3) is 3.07. The Morgan fingerprint density at radius 3 is 2.38 bits per heavy atom. The summed E-state index contributed by atoms with van der Waals surface area (Å²) in [6.45, 7) is 3.15. The molecule has 4 unspecified atom stereocenters. The predicted molar refractivity (Wildman–Crippen MR) is 78.8 cm³/mol. The smallest absolute Gasteiger partial charge is 0.303 e. The summed E-state index contributed by atoms with van der Waals surface area (Å²) < 4.78 is 0. The van der Waals surface area contributed by atoms with Gasteiger partial charge >= 0.3 is 5.97 Å². The van der Waals surface area contributed by atoms with Crippen LogP contribution in [-0.4, -0.2) is 46.6 Å². The second-order valence-corrected chi connectivity index (χ2v) is 7.20. The van der Waals surface area contributed by atoms with E-state index in [-0.39, 0.29) is 36.4 Å². The molecule has 3 heterocycles. The summed E-state index contributed by atoms with van der Waals surface area (Å²) in [7, 11) is 0.